The Morgan fingerprint density at radius 3 is 2.80 bits per heavy atom. The Balaban J connectivity index is 1.40. The standard InChI is InChI=1S/C20H18ClN5O2S2/c1-13-3-8-18(27-2)17(9-13)26-20(23-24-25-26)30-12-15-11-29-19(22-15)10-28-16-6-4-14(21)5-7-16/h3-9,11H,10,12H2,1-2H3. The minimum absolute atomic E-state index is 0.412. The van der Waals surface area contributed by atoms with E-state index in [1.54, 1.807) is 35.3 Å². The summed E-state index contributed by atoms with van der Waals surface area (Å²) in [6.45, 7) is 2.43. The van der Waals surface area contributed by atoms with Crippen LogP contribution in [0.4, 0.5) is 0 Å². The zero-order valence-electron chi connectivity index (χ0n) is 16.3. The van der Waals surface area contributed by atoms with Crippen LogP contribution in [0.25, 0.3) is 5.69 Å². The van der Waals surface area contributed by atoms with E-state index in [4.69, 9.17) is 21.1 Å². The maximum atomic E-state index is 5.89. The molecule has 2 heterocycles. The highest BCUT2D eigenvalue weighted by Crippen LogP contribution is 2.29. The van der Waals surface area contributed by atoms with Crippen LogP contribution in [-0.4, -0.2) is 32.3 Å². The summed E-state index contributed by atoms with van der Waals surface area (Å²) < 4.78 is 12.9. The zero-order chi connectivity index (χ0) is 20.9. The third-order valence-corrected chi connectivity index (χ3v) is 6.20. The first-order valence-electron chi connectivity index (χ1n) is 9.00. The fourth-order valence-corrected chi connectivity index (χ4v) is 4.39. The Kier molecular flexibility index (Phi) is 6.51. The first kappa shape index (κ1) is 20.6. The van der Waals surface area contributed by atoms with Gasteiger partial charge in [0, 0.05) is 16.2 Å². The van der Waals surface area contributed by atoms with Crippen LogP contribution < -0.4 is 9.47 Å². The number of tetrazole rings is 1. The lowest BCUT2D eigenvalue weighted by Gasteiger charge is -2.10. The molecule has 0 bridgehead atoms. The molecule has 7 nitrogen and oxygen atoms in total. The summed E-state index contributed by atoms with van der Waals surface area (Å²) >= 11 is 8.97. The van der Waals surface area contributed by atoms with E-state index in [0.29, 0.717) is 28.3 Å². The van der Waals surface area contributed by atoms with Gasteiger partial charge in [-0.1, -0.05) is 29.4 Å². The monoisotopic (exact) mass is 459 g/mol. The molecule has 0 spiro atoms. The summed E-state index contributed by atoms with van der Waals surface area (Å²) in [5, 5.41) is 16.4. The first-order valence-corrected chi connectivity index (χ1v) is 11.2. The number of ether oxygens (including phenoxy) is 2. The molecule has 0 N–H and O–H groups in total. The lowest BCUT2D eigenvalue weighted by molar-refractivity contribution is 0.305. The number of thiazole rings is 1. The summed E-state index contributed by atoms with van der Waals surface area (Å²) in [4.78, 5) is 4.64. The molecule has 30 heavy (non-hydrogen) atoms. The van der Waals surface area contributed by atoms with E-state index in [-0.39, 0.29) is 0 Å². The summed E-state index contributed by atoms with van der Waals surface area (Å²) in [7, 11) is 1.63. The quantitative estimate of drug-likeness (QED) is 0.344. The molecule has 4 aromatic rings. The average Bonchev–Trinajstić information content (AvgIpc) is 3.41. The SMILES string of the molecule is COc1ccc(C)cc1-n1nnnc1SCc1csc(COc2ccc(Cl)cc2)n1. The Morgan fingerprint density at radius 1 is 1.17 bits per heavy atom. The summed E-state index contributed by atoms with van der Waals surface area (Å²) in [5.41, 5.74) is 2.85. The third-order valence-electron chi connectivity index (χ3n) is 4.13. The molecule has 0 aliphatic carbocycles. The fourth-order valence-electron chi connectivity index (χ4n) is 2.68. The van der Waals surface area contributed by atoms with E-state index in [1.165, 1.54) is 11.8 Å². The van der Waals surface area contributed by atoms with E-state index in [1.807, 2.05) is 42.6 Å². The van der Waals surface area contributed by atoms with Crippen molar-refractivity contribution in [2.24, 2.45) is 0 Å². The lowest BCUT2D eigenvalue weighted by Crippen LogP contribution is -2.02. The molecule has 0 atom stereocenters. The molecular formula is C20H18ClN5O2S2. The molecule has 2 aromatic carbocycles. The van der Waals surface area contributed by atoms with Gasteiger partial charge in [0.25, 0.3) is 0 Å². The van der Waals surface area contributed by atoms with Crippen molar-refractivity contribution in [1.82, 2.24) is 25.2 Å². The Hall–Kier alpha value is -2.62. The third kappa shape index (κ3) is 4.92. The molecule has 0 fully saturated rings. The number of methoxy groups -OCH3 is 1. The van der Waals surface area contributed by atoms with Crippen LogP contribution in [0.5, 0.6) is 11.5 Å². The highest BCUT2D eigenvalue weighted by molar-refractivity contribution is 7.98. The number of aryl methyl sites for hydroxylation is 1. The number of hydrogen-bond acceptors (Lipinski definition) is 8. The molecule has 2 aromatic heterocycles. The molecule has 0 unspecified atom stereocenters. The minimum atomic E-state index is 0.412. The lowest BCUT2D eigenvalue weighted by atomic mass is 10.2. The Labute approximate surface area is 187 Å². The predicted octanol–water partition coefficient (Wildman–Crippen LogP) is 4.96. The van der Waals surface area contributed by atoms with E-state index >= 15 is 0 Å². The van der Waals surface area contributed by atoms with E-state index in [2.05, 4.69) is 20.5 Å². The van der Waals surface area contributed by atoms with Gasteiger partial charge in [-0.05, 0) is 59.3 Å². The van der Waals surface area contributed by atoms with E-state index in [0.717, 1.165) is 27.7 Å². The van der Waals surface area contributed by atoms with Gasteiger partial charge in [0.2, 0.25) is 5.16 Å². The number of halogens is 1. The number of benzene rings is 2. The van der Waals surface area contributed by atoms with Gasteiger partial charge in [0.05, 0.1) is 12.8 Å². The van der Waals surface area contributed by atoms with Crippen molar-refractivity contribution >= 4 is 34.7 Å². The second-order valence-electron chi connectivity index (χ2n) is 6.31. The summed E-state index contributed by atoms with van der Waals surface area (Å²) in [6, 6.07) is 13.2. The first-order chi connectivity index (χ1) is 14.6. The molecule has 0 aliphatic rings. The molecule has 4 rings (SSSR count). The maximum Gasteiger partial charge on any atom is 0.214 e. The zero-order valence-corrected chi connectivity index (χ0v) is 18.7. The summed E-state index contributed by atoms with van der Waals surface area (Å²) in [5.74, 6) is 2.12. The number of aromatic nitrogens is 5. The normalized spacial score (nSPS) is 10.9. The topological polar surface area (TPSA) is 75.0 Å². The van der Waals surface area contributed by atoms with Gasteiger partial charge in [-0.3, -0.25) is 0 Å². The molecular weight excluding hydrogens is 442 g/mol. The largest absolute Gasteiger partial charge is 0.494 e. The summed E-state index contributed by atoms with van der Waals surface area (Å²) in [6.07, 6.45) is 0. The van der Waals surface area contributed by atoms with Crippen molar-refractivity contribution < 1.29 is 9.47 Å². The van der Waals surface area contributed by atoms with Crippen LogP contribution >= 0.6 is 34.7 Å². The molecule has 0 radical (unpaired) electrons. The van der Waals surface area contributed by atoms with E-state index in [9.17, 15) is 0 Å². The van der Waals surface area contributed by atoms with Crippen LogP contribution in [0.2, 0.25) is 5.02 Å². The van der Waals surface area contributed by atoms with Crippen molar-refractivity contribution in [3.05, 3.63) is 69.1 Å². The maximum absolute atomic E-state index is 5.89. The van der Waals surface area contributed by atoms with Gasteiger partial charge in [0.1, 0.15) is 28.8 Å². The Bertz CT molecular complexity index is 1130. The number of hydrogen-bond donors (Lipinski definition) is 0. The second kappa shape index (κ2) is 9.46. The molecule has 10 heteroatoms. The van der Waals surface area contributed by atoms with Crippen LogP contribution in [0.1, 0.15) is 16.3 Å². The highest BCUT2D eigenvalue weighted by Gasteiger charge is 2.14. The number of rotatable bonds is 8. The van der Waals surface area contributed by atoms with E-state index < -0.39 is 0 Å². The predicted molar refractivity (Wildman–Crippen MR) is 118 cm³/mol. The molecule has 0 saturated heterocycles. The van der Waals surface area contributed by atoms with Gasteiger partial charge in [-0.25, -0.2) is 4.98 Å². The van der Waals surface area contributed by atoms with Gasteiger partial charge < -0.3 is 9.47 Å². The van der Waals surface area contributed by atoms with Crippen molar-refractivity contribution in [2.75, 3.05) is 7.11 Å². The molecule has 0 saturated carbocycles. The van der Waals surface area contributed by atoms with Crippen LogP contribution in [0.15, 0.2) is 53.0 Å². The van der Waals surface area contributed by atoms with Crippen LogP contribution in [0, 0.1) is 6.92 Å². The van der Waals surface area contributed by atoms with Gasteiger partial charge >= 0.3 is 0 Å². The number of thioether (sulfide) groups is 1. The second-order valence-corrected chi connectivity index (χ2v) is 8.63. The number of nitrogens with zero attached hydrogens (tertiary/aromatic N) is 5. The smallest absolute Gasteiger partial charge is 0.214 e. The van der Waals surface area contributed by atoms with Crippen LogP contribution in [-0.2, 0) is 12.4 Å². The molecule has 0 amide bonds. The Morgan fingerprint density at radius 2 is 2.00 bits per heavy atom. The molecule has 0 aliphatic heterocycles. The van der Waals surface area contributed by atoms with Crippen molar-refractivity contribution in [2.45, 2.75) is 24.4 Å². The average molecular weight is 460 g/mol. The fraction of sp³-hybridized carbons (Fsp3) is 0.200. The van der Waals surface area contributed by atoms with Crippen molar-refractivity contribution in [3.63, 3.8) is 0 Å². The van der Waals surface area contributed by atoms with Gasteiger partial charge in [-0.2, -0.15) is 4.68 Å². The highest BCUT2D eigenvalue weighted by atomic mass is 35.5. The minimum Gasteiger partial charge on any atom is -0.494 e. The van der Waals surface area contributed by atoms with Gasteiger partial charge in [-0.15, -0.1) is 16.4 Å². The van der Waals surface area contributed by atoms with Crippen molar-refractivity contribution in [1.29, 1.82) is 0 Å². The van der Waals surface area contributed by atoms with Gasteiger partial charge in [0.15, 0.2) is 0 Å². The van der Waals surface area contributed by atoms with Crippen LogP contribution in [0.3, 0.4) is 0 Å². The molecule has 154 valence electrons. The van der Waals surface area contributed by atoms with Crippen molar-refractivity contribution in [3.8, 4) is 17.2 Å².